The lowest BCUT2D eigenvalue weighted by Crippen LogP contribution is -2.28. The van der Waals surface area contributed by atoms with E-state index in [-0.39, 0.29) is 6.10 Å². The van der Waals surface area contributed by atoms with Crippen LogP contribution in [0.2, 0.25) is 0 Å². The fourth-order valence-corrected chi connectivity index (χ4v) is 3.66. The van der Waals surface area contributed by atoms with Crippen LogP contribution in [0, 0.1) is 24.2 Å². The minimum absolute atomic E-state index is 0.336. The van der Waals surface area contributed by atoms with Gasteiger partial charge in [0.2, 0.25) is 0 Å². The summed E-state index contributed by atoms with van der Waals surface area (Å²) in [4.78, 5) is 0. The molecule has 0 amide bonds. The summed E-state index contributed by atoms with van der Waals surface area (Å²) >= 11 is 0. The van der Waals surface area contributed by atoms with Gasteiger partial charge in [-0.1, -0.05) is 26.8 Å². The van der Waals surface area contributed by atoms with Crippen LogP contribution in [0.1, 0.15) is 63.7 Å². The molecular weight excluding hydrogens is 260 g/mol. The van der Waals surface area contributed by atoms with E-state index in [1.807, 2.05) is 18.2 Å². The minimum Gasteiger partial charge on any atom is -0.497 e. The Hall–Kier alpha value is -1.02. The Morgan fingerprint density at radius 2 is 1.76 bits per heavy atom. The van der Waals surface area contributed by atoms with Crippen molar-refractivity contribution in [3.05, 3.63) is 29.3 Å². The highest BCUT2D eigenvalue weighted by atomic mass is 16.5. The fraction of sp³-hybridized carbons (Fsp3) is 0.684. The molecule has 1 atom stereocenters. The molecule has 0 heterocycles. The number of benzene rings is 1. The second-order valence-corrected chi connectivity index (χ2v) is 7.65. The van der Waals surface area contributed by atoms with Gasteiger partial charge in [0.05, 0.1) is 13.2 Å². The third kappa shape index (κ3) is 3.79. The molecule has 2 heteroatoms. The quantitative estimate of drug-likeness (QED) is 0.859. The highest BCUT2D eigenvalue weighted by Gasteiger charge is 2.33. The molecule has 21 heavy (non-hydrogen) atoms. The van der Waals surface area contributed by atoms with Crippen LogP contribution >= 0.6 is 0 Å². The summed E-state index contributed by atoms with van der Waals surface area (Å²) in [5, 5.41) is 10.7. The molecule has 0 radical (unpaired) electrons. The van der Waals surface area contributed by atoms with Crippen LogP contribution in [-0.2, 0) is 0 Å². The lowest BCUT2D eigenvalue weighted by atomic mass is 9.68. The van der Waals surface area contributed by atoms with E-state index in [0.29, 0.717) is 11.3 Å². The number of hydrogen-bond donors (Lipinski definition) is 1. The summed E-state index contributed by atoms with van der Waals surface area (Å²) in [6.07, 6.45) is 4.40. The number of hydrogen-bond acceptors (Lipinski definition) is 2. The number of ether oxygens (including phenoxy) is 1. The van der Waals surface area contributed by atoms with Gasteiger partial charge < -0.3 is 9.84 Å². The molecule has 1 saturated carbocycles. The van der Waals surface area contributed by atoms with Gasteiger partial charge in [0.1, 0.15) is 5.75 Å². The zero-order valence-electron chi connectivity index (χ0n) is 14.1. The van der Waals surface area contributed by atoms with Gasteiger partial charge in [0, 0.05) is 0 Å². The van der Waals surface area contributed by atoms with Gasteiger partial charge >= 0.3 is 0 Å². The Bertz CT molecular complexity index is 465. The molecule has 1 fully saturated rings. The maximum absolute atomic E-state index is 10.7. The number of rotatable bonds is 3. The molecular formula is C19H30O2. The molecule has 1 N–H and O–H groups in total. The normalized spacial score (nSPS) is 24.7. The maximum atomic E-state index is 10.7. The summed E-state index contributed by atoms with van der Waals surface area (Å²) in [6, 6.07) is 5.99. The predicted octanol–water partition coefficient (Wildman–Crippen LogP) is 4.89. The highest BCUT2D eigenvalue weighted by molar-refractivity contribution is 5.36. The van der Waals surface area contributed by atoms with Crippen LogP contribution < -0.4 is 4.74 Å². The first kappa shape index (κ1) is 16.4. The standard InChI is InChI=1S/C19H30O2/c1-13-12-16(21-5)10-11-17(13)18(20)14-6-8-15(9-7-14)19(2,3)4/h10-12,14-15,18,20H,6-9H2,1-5H3. The molecule has 1 aromatic carbocycles. The largest absolute Gasteiger partial charge is 0.497 e. The van der Waals surface area contributed by atoms with Crippen molar-refractivity contribution < 1.29 is 9.84 Å². The molecule has 118 valence electrons. The average molecular weight is 290 g/mol. The summed E-state index contributed by atoms with van der Waals surface area (Å²) < 4.78 is 5.25. The van der Waals surface area contributed by atoms with Crippen molar-refractivity contribution in [2.45, 2.75) is 59.5 Å². The number of aliphatic hydroxyl groups is 1. The van der Waals surface area contributed by atoms with Crippen molar-refractivity contribution >= 4 is 0 Å². The second kappa shape index (κ2) is 6.39. The molecule has 0 aromatic heterocycles. The Labute approximate surface area is 129 Å². The van der Waals surface area contributed by atoms with Gasteiger partial charge in [0.15, 0.2) is 0 Å². The van der Waals surface area contributed by atoms with Gasteiger partial charge in [-0.2, -0.15) is 0 Å². The van der Waals surface area contributed by atoms with E-state index in [4.69, 9.17) is 4.74 Å². The Morgan fingerprint density at radius 1 is 1.14 bits per heavy atom. The Kier molecular flexibility index (Phi) is 4.98. The molecule has 0 saturated heterocycles. The number of aryl methyl sites for hydroxylation is 1. The molecule has 2 nitrogen and oxygen atoms in total. The summed E-state index contributed by atoms with van der Waals surface area (Å²) in [7, 11) is 1.68. The second-order valence-electron chi connectivity index (χ2n) is 7.65. The van der Waals surface area contributed by atoms with Crippen molar-refractivity contribution in [1.82, 2.24) is 0 Å². The van der Waals surface area contributed by atoms with Crippen LogP contribution in [0.3, 0.4) is 0 Å². The van der Waals surface area contributed by atoms with E-state index < -0.39 is 0 Å². The first-order valence-corrected chi connectivity index (χ1v) is 8.15. The van der Waals surface area contributed by atoms with Gasteiger partial charge in [-0.05, 0) is 73.1 Å². The predicted molar refractivity (Wildman–Crippen MR) is 87.6 cm³/mol. The summed E-state index contributed by atoms with van der Waals surface area (Å²) in [6.45, 7) is 9.06. The van der Waals surface area contributed by atoms with E-state index in [2.05, 4.69) is 27.7 Å². The number of methoxy groups -OCH3 is 1. The Balaban J connectivity index is 2.03. The molecule has 2 rings (SSSR count). The van der Waals surface area contributed by atoms with Gasteiger partial charge in [-0.25, -0.2) is 0 Å². The van der Waals surface area contributed by atoms with Gasteiger partial charge in [-0.15, -0.1) is 0 Å². The zero-order chi connectivity index (χ0) is 15.6. The Morgan fingerprint density at radius 3 is 2.24 bits per heavy atom. The minimum atomic E-state index is -0.336. The van der Waals surface area contributed by atoms with Crippen LogP contribution in [0.15, 0.2) is 18.2 Å². The van der Waals surface area contributed by atoms with Crippen molar-refractivity contribution in [2.24, 2.45) is 17.3 Å². The lowest BCUT2D eigenvalue weighted by Gasteiger charge is -2.38. The van der Waals surface area contributed by atoms with Crippen molar-refractivity contribution in [1.29, 1.82) is 0 Å². The molecule has 0 spiro atoms. The molecule has 1 aliphatic rings. The number of aliphatic hydroxyl groups excluding tert-OH is 1. The van der Waals surface area contributed by atoms with Crippen molar-refractivity contribution in [3.63, 3.8) is 0 Å². The van der Waals surface area contributed by atoms with E-state index in [1.165, 1.54) is 12.8 Å². The summed E-state index contributed by atoms with van der Waals surface area (Å²) in [5.74, 6) is 2.05. The van der Waals surface area contributed by atoms with Gasteiger partial charge in [-0.3, -0.25) is 0 Å². The van der Waals surface area contributed by atoms with Crippen molar-refractivity contribution in [3.8, 4) is 5.75 Å². The first-order valence-electron chi connectivity index (χ1n) is 8.15. The third-order valence-corrected chi connectivity index (χ3v) is 5.24. The van der Waals surface area contributed by atoms with Crippen LogP contribution in [-0.4, -0.2) is 12.2 Å². The topological polar surface area (TPSA) is 29.5 Å². The molecule has 1 aromatic rings. The van der Waals surface area contributed by atoms with E-state index >= 15 is 0 Å². The molecule has 1 unspecified atom stereocenters. The van der Waals surface area contributed by atoms with E-state index in [1.54, 1.807) is 7.11 Å². The third-order valence-electron chi connectivity index (χ3n) is 5.24. The monoisotopic (exact) mass is 290 g/mol. The lowest BCUT2D eigenvalue weighted by molar-refractivity contribution is 0.0524. The fourth-order valence-electron chi connectivity index (χ4n) is 3.66. The first-order chi connectivity index (χ1) is 9.82. The maximum Gasteiger partial charge on any atom is 0.119 e. The summed E-state index contributed by atoms with van der Waals surface area (Å²) in [5.41, 5.74) is 2.58. The smallest absolute Gasteiger partial charge is 0.119 e. The van der Waals surface area contributed by atoms with Crippen LogP contribution in [0.25, 0.3) is 0 Å². The van der Waals surface area contributed by atoms with Crippen molar-refractivity contribution in [2.75, 3.05) is 7.11 Å². The molecule has 1 aliphatic carbocycles. The molecule has 0 bridgehead atoms. The van der Waals surface area contributed by atoms with Crippen LogP contribution in [0.4, 0.5) is 0 Å². The van der Waals surface area contributed by atoms with E-state index in [0.717, 1.165) is 35.6 Å². The van der Waals surface area contributed by atoms with E-state index in [9.17, 15) is 5.11 Å². The average Bonchev–Trinajstić information content (AvgIpc) is 2.45. The SMILES string of the molecule is COc1ccc(C(O)C2CCC(C(C)(C)C)CC2)c(C)c1. The van der Waals surface area contributed by atoms with Gasteiger partial charge in [0.25, 0.3) is 0 Å². The van der Waals surface area contributed by atoms with Crippen LogP contribution in [0.5, 0.6) is 5.75 Å². The highest BCUT2D eigenvalue weighted by Crippen LogP contribution is 2.43. The zero-order valence-corrected chi connectivity index (χ0v) is 14.1. The molecule has 0 aliphatic heterocycles.